The summed E-state index contributed by atoms with van der Waals surface area (Å²) in [6.07, 6.45) is 5.73. The number of hydrogen-bond donors (Lipinski definition) is 0. The van der Waals surface area contributed by atoms with E-state index in [0.717, 1.165) is 22.4 Å². The molecule has 2 aliphatic carbocycles. The zero-order valence-electron chi connectivity index (χ0n) is 8.55. The molecular formula is C11H19IO. The summed E-state index contributed by atoms with van der Waals surface area (Å²) >= 11 is 2.69. The molecule has 2 aliphatic rings. The van der Waals surface area contributed by atoms with Gasteiger partial charge in [0.2, 0.25) is 0 Å². The zero-order valence-corrected chi connectivity index (χ0v) is 10.7. The number of halogens is 1. The summed E-state index contributed by atoms with van der Waals surface area (Å²) in [5.74, 6) is 1.79. The Morgan fingerprint density at radius 3 is 2.92 bits per heavy atom. The van der Waals surface area contributed by atoms with Crippen molar-refractivity contribution >= 4 is 22.6 Å². The SMILES string of the molecule is COCC1CC2(C)CCCC1C2I. The van der Waals surface area contributed by atoms with Crippen molar-refractivity contribution in [1.29, 1.82) is 0 Å². The minimum Gasteiger partial charge on any atom is -0.384 e. The molecule has 76 valence electrons. The van der Waals surface area contributed by atoms with E-state index in [9.17, 15) is 0 Å². The van der Waals surface area contributed by atoms with Crippen molar-refractivity contribution in [2.45, 2.75) is 36.5 Å². The van der Waals surface area contributed by atoms with Gasteiger partial charge in [-0.15, -0.1) is 0 Å². The van der Waals surface area contributed by atoms with Gasteiger partial charge in [0.1, 0.15) is 0 Å². The Hall–Kier alpha value is 0.690. The number of fused-ring (bicyclic) bond motifs is 2. The van der Waals surface area contributed by atoms with E-state index in [4.69, 9.17) is 4.74 Å². The quantitative estimate of drug-likeness (QED) is 0.561. The highest BCUT2D eigenvalue weighted by atomic mass is 127. The second-order valence-corrected chi connectivity index (χ2v) is 6.37. The van der Waals surface area contributed by atoms with Crippen LogP contribution in [0.15, 0.2) is 0 Å². The highest BCUT2D eigenvalue weighted by Crippen LogP contribution is 2.57. The first-order valence-corrected chi connectivity index (χ1v) is 6.55. The van der Waals surface area contributed by atoms with Crippen molar-refractivity contribution in [2.24, 2.45) is 17.3 Å². The van der Waals surface area contributed by atoms with Crippen molar-refractivity contribution < 1.29 is 4.74 Å². The third kappa shape index (κ3) is 1.65. The normalized spacial score (nSPS) is 49.6. The molecule has 0 aromatic carbocycles. The van der Waals surface area contributed by atoms with E-state index in [-0.39, 0.29) is 0 Å². The molecule has 2 saturated carbocycles. The number of alkyl halides is 1. The summed E-state index contributed by atoms with van der Waals surface area (Å²) < 4.78 is 6.23. The van der Waals surface area contributed by atoms with Crippen LogP contribution in [0.3, 0.4) is 0 Å². The van der Waals surface area contributed by atoms with E-state index in [2.05, 4.69) is 29.5 Å². The lowest BCUT2D eigenvalue weighted by Crippen LogP contribution is -2.30. The van der Waals surface area contributed by atoms with Crippen LogP contribution in [-0.4, -0.2) is 17.6 Å². The lowest BCUT2D eigenvalue weighted by atomic mass is 9.77. The maximum Gasteiger partial charge on any atom is 0.0493 e. The van der Waals surface area contributed by atoms with Gasteiger partial charge in [-0.1, -0.05) is 35.9 Å². The Bertz CT molecular complexity index is 195. The molecule has 2 fully saturated rings. The predicted molar refractivity (Wildman–Crippen MR) is 63.2 cm³/mol. The van der Waals surface area contributed by atoms with Gasteiger partial charge in [-0.3, -0.25) is 0 Å². The Kier molecular flexibility index (Phi) is 2.90. The Labute approximate surface area is 94.8 Å². The fraction of sp³-hybridized carbons (Fsp3) is 1.00. The zero-order chi connectivity index (χ0) is 9.47. The van der Waals surface area contributed by atoms with Crippen molar-refractivity contribution in [3.8, 4) is 0 Å². The first-order chi connectivity index (χ1) is 6.17. The molecule has 0 heterocycles. The van der Waals surface area contributed by atoms with Crippen LogP contribution in [0.1, 0.15) is 32.6 Å². The van der Waals surface area contributed by atoms with Crippen LogP contribution in [0.4, 0.5) is 0 Å². The number of hydrogen-bond acceptors (Lipinski definition) is 1. The molecule has 2 bridgehead atoms. The van der Waals surface area contributed by atoms with E-state index in [0.29, 0.717) is 5.41 Å². The van der Waals surface area contributed by atoms with Gasteiger partial charge in [-0.25, -0.2) is 0 Å². The molecule has 1 nitrogen and oxygen atoms in total. The van der Waals surface area contributed by atoms with Gasteiger partial charge in [-0.05, 0) is 36.5 Å². The van der Waals surface area contributed by atoms with Gasteiger partial charge >= 0.3 is 0 Å². The van der Waals surface area contributed by atoms with Crippen LogP contribution >= 0.6 is 22.6 Å². The van der Waals surface area contributed by atoms with E-state index < -0.39 is 0 Å². The molecule has 2 heteroatoms. The second kappa shape index (κ2) is 3.69. The Morgan fingerprint density at radius 1 is 1.54 bits per heavy atom. The third-order valence-electron chi connectivity index (χ3n) is 4.04. The highest BCUT2D eigenvalue weighted by molar-refractivity contribution is 14.1. The Balaban J connectivity index is 2.11. The largest absolute Gasteiger partial charge is 0.384 e. The smallest absolute Gasteiger partial charge is 0.0493 e. The molecule has 0 spiro atoms. The molecule has 0 amide bonds. The van der Waals surface area contributed by atoms with Gasteiger partial charge in [0.25, 0.3) is 0 Å². The third-order valence-corrected chi connectivity index (χ3v) is 6.47. The Morgan fingerprint density at radius 2 is 2.31 bits per heavy atom. The molecule has 0 N–H and O–H groups in total. The van der Waals surface area contributed by atoms with Crippen molar-refractivity contribution in [3.63, 3.8) is 0 Å². The minimum atomic E-state index is 0.632. The fourth-order valence-electron chi connectivity index (χ4n) is 3.38. The van der Waals surface area contributed by atoms with Crippen LogP contribution in [0, 0.1) is 17.3 Å². The number of ether oxygens (including phenoxy) is 1. The van der Waals surface area contributed by atoms with Gasteiger partial charge in [0.05, 0.1) is 0 Å². The minimum absolute atomic E-state index is 0.632. The molecule has 2 rings (SSSR count). The summed E-state index contributed by atoms with van der Waals surface area (Å²) in [5.41, 5.74) is 0.632. The van der Waals surface area contributed by atoms with Crippen LogP contribution in [0.25, 0.3) is 0 Å². The van der Waals surface area contributed by atoms with Crippen molar-refractivity contribution in [1.82, 2.24) is 0 Å². The summed E-state index contributed by atoms with van der Waals surface area (Å²) in [6, 6.07) is 0. The molecular weight excluding hydrogens is 275 g/mol. The van der Waals surface area contributed by atoms with Gasteiger partial charge in [-0.2, -0.15) is 0 Å². The average Bonchev–Trinajstić information content (AvgIpc) is 2.27. The summed E-state index contributed by atoms with van der Waals surface area (Å²) in [5, 5.41) is 0. The van der Waals surface area contributed by atoms with Gasteiger partial charge in [0, 0.05) is 17.6 Å². The summed E-state index contributed by atoms with van der Waals surface area (Å²) in [6.45, 7) is 3.46. The maximum atomic E-state index is 5.32. The standard InChI is InChI=1S/C11H19IO/c1-11-5-3-4-9(10(11)12)8(6-11)7-13-2/h8-10H,3-7H2,1-2H3. The van der Waals surface area contributed by atoms with E-state index in [1.165, 1.54) is 25.7 Å². The maximum absolute atomic E-state index is 5.32. The van der Waals surface area contributed by atoms with Crippen LogP contribution in [-0.2, 0) is 4.74 Å². The molecule has 0 saturated heterocycles. The van der Waals surface area contributed by atoms with Gasteiger partial charge < -0.3 is 4.74 Å². The van der Waals surface area contributed by atoms with E-state index >= 15 is 0 Å². The average molecular weight is 294 g/mol. The van der Waals surface area contributed by atoms with E-state index in [1.807, 2.05) is 7.11 Å². The lowest BCUT2D eigenvalue weighted by Gasteiger charge is -2.34. The summed E-state index contributed by atoms with van der Waals surface area (Å²) in [4.78, 5) is 0. The fourth-order valence-corrected chi connectivity index (χ4v) is 4.89. The first kappa shape index (κ1) is 10.2. The topological polar surface area (TPSA) is 9.23 Å². The van der Waals surface area contributed by atoms with Crippen LogP contribution in [0.5, 0.6) is 0 Å². The molecule has 0 radical (unpaired) electrons. The van der Waals surface area contributed by atoms with E-state index in [1.54, 1.807) is 0 Å². The molecule has 0 aromatic rings. The molecule has 0 aliphatic heterocycles. The highest BCUT2D eigenvalue weighted by Gasteiger charge is 2.51. The number of rotatable bonds is 2. The second-order valence-electron chi connectivity index (χ2n) is 5.03. The van der Waals surface area contributed by atoms with Gasteiger partial charge in [0.15, 0.2) is 0 Å². The molecule has 4 unspecified atom stereocenters. The molecule has 4 atom stereocenters. The molecule has 0 aromatic heterocycles. The van der Waals surface area contributed by atoms with Crippen LogP contribution < -0.4 is 0 Å². The first-order valence-electron chi connectivity index (χ1n) is 5.30. The summed E-state index contributed by atoms with van der Waals surface area (Å²) in [7, 11) is 1.84. The monoisotopic (exact) mass is 294 g/mol. The van der Waals surface area contributed by atoms with Crippen LogP contribution in [0.2, 0.25) is 0 Å². The predicted octanol–water partition coefficient (Wildman–Crippen LogP) is 3.26. The molecule has 13 heavy (non-hydrogen) atoms. The number of methoxy groups -OCH3 is 1. The van der Waals surface area contributed by atoms with Crippen molar-refractivity contribution in [2.75, 3.05) is 13.7 Å². The lowest BCUT2D eigenvalue weighted by molar-refractivity contribution is 0.132. The van der Waals surface area contributed by atoms with Crippen molar-refractivity contribution in [3.05, 3.63) is 0 Å².